The average Bonchev–Trinajstić information content (AvgIpc) is 2.47. The van der Waals surface area contributed by atoms with E-state index >= 15 is 0 Å². The topological polar surface area (TPSA) is 66.8 Å². The van der Waals surface area contributed by atoms with Crippen LogP contribution >= 0.6 is 0 Å². The molecule has 0 saturated heterocycles. The number of aliphatic carboxylic acids is 1. The van der Waals surface area contributed by atoms with Crippen molar-refractivity contribution in [3.63, 3.8) is 0 Å². The summed E-state index contributed by atoms with van der Waals surface area (Å²) in [7, 11) is 0. The molecule has 0 aliphatic heterocycles. The Morgan fingerprint density at radius 2 is 1.71 bits per heavy atom. The van der Waals surface area contributed by atoms with Crippen molar-refractivity contribution in [3.8, 4) is 5.75 Å². The molecule has 0 saturated carbocycles. The summed E-state index contributed by atoms with van der Waals surface area (Å²) < 4.78 is 5.59. The lowest BCUT2D eigenvalue weighted by molar-refractivity contribution is -0.136. The lowest BCUT2D eigenvalue weighted by atomic mass is 9.97. The number of hydrogen-bond acceptors (Lipinski definition) is 3. The predicted molar refractivity (Wildman–Crippen MR) is 79.3 cm³/mol. The van der Waals surface area contributed by atoms with Crippen LogP contribution in [0.1, 0.15) is 18.1 Å². The van der Waals surface area contributed by atoms with Gasteiger partial charge in [0.05, 0.1) is 6.42 Å². The lowest BCUT2D eigenvalue weighted by Gasteiger charge is -2.24. The summed E-state index contributed by atoms with van der Waals surface area (Å²) in [5.74, 6) is -0.268. The Balaban J connectivity index is 1.98. The van der Waals surface area contributed by atoms with Gasteiger partial charge in [-0.3, -0.25) is 4.79 Å². The molecule has 110 valence electrons. The minimum atomic E-state index is -1.08. The number of carbonyl (C=O) groups is 1. The summed E-state index contributed by atoms with van der Waals surface area (Å²) >= 11 is 0. The van der Waals surface area contributed by atoms with Crippen LogP contribution in [0.25, 0.3) is 0 Å². The highest BCUT2D eigenvalue weighted by Crippen LogP contribution is 2.22. The largest absolute Gasteiger partial charge is 0.490 e. The number of aliphatic hydroxyl groups is 1. The van der Waals surface area contributed by atoms with E-state index in [2.05, 4.69) is 0 Å². The van der Waals surface area contributed by atoms with E-state index in [1.807, 2.05) is 30.3 Å². The van der Waals surface area contributed by atoms with Crippen LogP contribution in [0.5, 0.6) is 5.75 Å². The second-order valence-corrected chi connectivity index (χ2v) is 5.14. The smallest absolute Gasteiger partial charge is 0.307 e. The molecule has 0 spiro atoms. The molecule has 0 aromatic heterocycles. The number of ether oxygens (including phenoxy) is 1. The van der Waals surface area contributed by atoms with Crippen LogP contribution in [0.4, 0.5) is 0 Å². The Morgan fingerprint density at radius 1 is 1.10 bits per heavy atom. The van der Waals surface area contributed by atoms with Crippen molar-refractivity contribution in [3.05, 3.63) is 65.7 Å². The Labute approximate surface area is 123 Å². The van der Waals surface area contributed by atoms with Gasteiger partial charge in [-0.25, -0.2) is 0 Å². The first kappa shape index (κ1) is 15.1. The molecule has 0 bridgehead atoms. The summed E-state index contributed by atoms with van der Waals surface area (Å²) in [6.07, 6.45) is -0.0119. The van der Waals surface area contributed by atoms with Gasteiger partial charge in [0.2, 0.25) is 0 Å². The molecule has 21 heavy (non-hydrogen) atoms. The first-order valence-corrected chi connectivity index (χ1v) is 6.69. The van der Waals surface area contributed by atoms with Gasteiger partial charge in [0.25, 0.3) is 0 Å². The average molecular weight is 286 g/mol. The summed E-state index contributed by atoms with van der Waals surface area (Å²) in [5, 5.41) is 19.1. The highest BCUT2D eigenvalue weighted by atomic mass is 16.5. The summed E-state index contributed by atoms with van der Waals surface area (Å²) in [6, 6.07) is 16.1. The number of carboxylic acids is 1. The van der Waals surface area contributed by atoms with Crippen LogP contribution in [0, 0.1) is 0 Å². The SMILES string of the molecule is CC(O)(COc1ccc(CC(=O)O)cc1)c1ccccc1. The van der Waals surface area contributed by atoms with Gasteiger partial charge in [-0.15, -0.1) is 0 Å². The molecule has 4 heteroatoms. The zero-order valence-electron chi connectivity index (χ0n) is 11.8. The van der Waals surface area contributed by atoms with Crippen molar-refractivity contribution in [2.45, 2.75) is 18.9 Å². The van der Waals surface area contributed by atoms with Crippen LogP contribution in [0.15, 0.2) is 54.6 Å². The molecular formula is C17H18O4. The quantitative estimate of drug-likeness (QED) is 0.856. The molecule has 0 heterocycles. The molecule has 2 aromatic rings. The van der Waals surface area contributed by atoms with Crippen LogP contribution in [-0.2, 0) is 16.8 Å². The van der Waals surface area contributed by atoms with E-state index in [0.29, 0.717) is 11.3 Å². The minimum Gasteiger partial charge on any atom is -0.490 e. The van der Waals surface area contributed by atoms with Gasteiger partial charge >= 0.3 is 5.97 Å². The molecule has 0 aliphatic rings. The molecule has 0 fully saturated rings. The van der Waals surface area contributed by atoms with Crippen LogP contribution in [-0.4, -0.2) is 22.8 Å². The maximum atomic E-state index is 10.6. The predicted octanol–water partition coefficient (Wildman–Crippen LogP) is 2.60. The molecule has 4 nitrogen and oxygen atoms in total. The molecule has 1 unspecified atom stereocenters. The molecule has 2 N–H and O–H groups in total. The Hall–Kier alpha value is -2.33. The monoisotopic (exact) mass is 286 g/mol. The van der Waals surface area contributed by atoms with E-state index in [9.17, 15) is 9.90 Å². The van der Waals surface area contributed by atoms with Crippen molar-refractivity contribution in [2.75, 3.05) is 6.61 Å². The third kappa shape index (κ3) is 4.33. The van der Waals surface area contributed by atoms with Crippen LogP contribution in [0.2, 0.25) is 0 Å². The lowest BCUT2D eigenvalue weighted by Crippen LogP contribution is -2.29. The summed E-state index contributed by atoms with van der Waals surface area (Å²) in [4.78, 5) is 10.6. The van der Waals surface area contributed by atoms with Crippen molar-refractivity contribution in [1.29, 1.82) is 0 Å². The summed E-state index contributed by atoms with van der Waals surface area (Å²) in [6.45, 7) is 1.82. The molecule has 0 amide bonds. The molecule has 0 radical (unpaired) electrons. The van der Waals surface area contributed by atoms with Gasteiger partial charge in [0.1, 0.15) is 18.0 Å². The van der Waals surface area contributed by atoms with Crippen molar-refractivity contribution < 1.29 is 19.7 Å². The third-order valence-electron chi connectivity index (χ3n) is 3.19. The normalized spacial score (nSPS) is 13.4. The van der Waals surface area contributed by atoms with Gasteiger partial charge < -0.3 is 14.9 Å². The molecule has 1 atom stereocenters. The second-order valence-electron chi connectivity index (χ2n) is 5.14. The maximum Gasteiger partial charge on any atom is 0.307 e. The molecular weight excluding hydrogens is 268 g/mol. The van der Waals surface area contributed by atoms with E-state index < -0.39 is 11.6 Å². The van der Waals surface area contributed by atoms with Crippen LogP contribution in [0.3, 0.4) is 0 Å². The van der Waals surface area contributed by atoms with Gasteiger partial charge in [0, 0.05) is 0 Å². The van der Waals surface area contributed by atoms with Gasteiger partial charge in [-0.2, -0.15) is 0 Å². The molecule has 0 aliphatic carbocycles. The van der Waals surface area contributed by atoms with Crippen molar-refractivity contribution >= 4 is 5.97 Å². The zero-order valence-corrected chi connectivity index (χ0v) is 11.8. The Bertz CT molecular complexity index is 588. The highest BCUT2D eigenvalue weighted by molar-refractivity contribution is 5.70. The van der Waals surface area contributed by atoms with Gasteiger partial charge in [-0.05, 0) is 30.2 Å². The number of hydrogen-bond donors (Lipinski definition) is 2. The molecule has 2 aromatic carbocycles. The fourth-order valence-corrected chi connectivity index (χ4v) is 1.98. The van der Waals surface area contributed by atoms with Crippen LogP contribution < -0.4 is 4.74 Å². The number of rotatable bonds is 6. The molecule has 2 rings (SSSR count). The Morgan fingerprint density at radius 3 is 2.29 bits per heavy atom. The number of benzene rings is 2. The van der Waals surface area contributed by atoms with Crippen molar-refractivity contribution in [1.82, 2.24) is 0 Å². The highest BCUT2D eigenvalue weighted by Gasteiger charge is 2.23. The minimum absolute atomic E-state index is 0.0119. The third-order valence-corrected chi connectivity index (χ3v) is 3.19. The fraction of sp³-hybridized carbons (Fsp3) is 0.235. The summed E-state index contributed by atoms with van der Waals surface area (Å²) in [5.41, 5.74) is 0.415. The van der Waals surface area contributed by atoms with Crippen molar-refractivity contribution in [2.24, 2.45) is 0 Å². The maximum absolute atomic E-state index is 10.6. The second kappa shape index (κ2) is 6.41. The van der Waals surface area contributed by atoms with E-state index in [4.69, 9.17) is 9.84 Å². The van der Waals surface area contributed by atoms with E-state index in [1.165, 1.54) is 0 Å². The standard InChI is InChI=1S/C17H18O4/c1-17(20,14-5-3-2-4-6-14)12-21-15-9-7-13(8-10-15)11-16(18)19/h2-10,20H,11-12H2,1H3,(H,18,19). The Kier molecular flexibility index (Phi) is 4.60. The van der Waals surface area contributed by atoms with Gasteiger partial charge in [-0.1, -0.05) is 42.5 Å². The van der Waals surface area contributed by atoms with E-state index in [0.717, 1.165) is 5.56 Å². The van der Waals surface area contributed by atoms with E-state index in [1.54, 1.807) is 31.2 Å². The first-order chi connectivity index (χ1) is 9.97. The van der Waals surface area contributed by atoms with E-state index in [-0.39, 0.29) is 13.0 Å². The number of carboxylic acid groups (broad SMARTS) is 1. The zero-order chi connectivity index (χ0) is 15.3. The fourth-order valence-electron chi connectivity index (χ4n) is 1.98. The first-order valence-electron chi connectivity index (χ1n) is 6.69. The van der Waals surface area contributed by atoms with Gasteiger partial charge in [0.15, 0.2) is 0 Å².